The lowest BCUT2D eigenvalue weighted by molar-refractivity contribution is -0.476. The van der Waals surface area contributed by atoms with Crippen LogP contribution in [0.3, 0.4) is 0 Å². The maximum absolute atomic E-state index is 4.51. The molecule has 0 unspecified atom stereocenters. The van der Waals surface area contributed by atoms with Gasteiger partial charge in [-0.3, -0.25) is 9.97 Å². The lowest BCUT2D eigenvalue weighted by Gasteiger charge is -1.91. The normalized spacial score (nSPS) is 13.1. The lowest BCUT2D eigenvalue weighted by atomic mass is 10.2. The van der Waals surface area contributed by atoms with E-state index in [-0.39, 0.29) is 0 Å². The first-order chi connectivity index (χ1) is 9.42. The molecule has 0 saturated carbocycles. The molecule has 0 spiro atoms. The molecule has 19 heavy (non-hydrogen) atoms. The highest BCUT2D eigenvalue weighted by molar-refractivity contribution is 7.23. The molecule has 90 valence electrons. The fraction of sp³-hybridized carbons (Fsp3) is 0.0714. The van der Waals surface area contributed by atoms with E-state index < -0.39 is 0 Å². The van der Waals surface area contributed by atoms with E-state index >= 15 is 0 Å². The predicted octanol–water partition coefficient (Wildman–Crippen LogP) is 2.26. The zero-order chi connectivity index (χ0) is 12.4. The van der Waals surface area contributed by atoms with Crippen LogP contribution in [0.25, 0.3) is 26.6 Å². The number of pyridine rings is 2. The Morgan fingerprint density at radius 2 is 2.26 bits per heavy atom. The van der Waals surface area contributed by atoms with Crippen molar-refractivity contribution in [2.45, 2.75) is 6.54 Å². The summed E-state index contributed by atoms with van der Waals surface area (Å²) in [5.41, 5.74) is 4.78. The summed E-state index contributed by atoms with van der Waals surface area (Å²) in [6.07, 6.45) is 7.81. The van der Waals surface area contributed by atoms with Crippen LogP contribution in [0.2, 0.25) is 0 Å². The minimum atomic E-state index is 0.912. The van der Waals surface area contributed by atoms with Gasteiger partial charge in [-0.25, -0.2) is 4.57 Å². The Bertz CT molecular complexity index is 951. The summed E-state index contributed by atoms with van der Waals surface area (Å²) in [5, 5.41) is 0. The van der Waals surface area contributed by atoms with Crippen molar-refractivity contribution >= 4 is 26.5 Å². The molecule has 0 bridgehead atoms. The zero-order valence-corrected chi connectivity index (χ0v) is 10.8. The summed E-state index contributed by atoms with van der Waals surface area (Å²) in [6.45, 7) is 0.912. The highest BCUT2D eigenvalue weighted by atomic mass is 32.1. The summed E-state index contributed by atoms with van der Waals surface area (Å²) < 4.78 is 5.83. The molecule has 5 rings (SSSR count). The first kappa shape index (κ1) is 9.63. The molecule has 0 atom stereocenters. The van der Waals surface area contributed by atoms with Crippen molar-refractivity contribution in [3.63, 3.8) is 0 Å². The zero-order valence-electron chi connectivity index (χ0n) is 9.95. The summed E-state index contributed by atoms with van der Waals surface area (Å²) in [7, 11) is 0. The van der Waals surface area contributed by atoms with Crippen molar-refractivity contribution in [3.05, 3.63) is 48.5 Å². The number of thiazole rings is 1. The SMILES string of the molecule is c1cnc2c(c1)Cn1c-2c[n+]2c3cnccc3sc12. The number of hydrogen-bond donors (Lipinski definition) is 0. The minimum absolute atomic E-state index is 0.912. The highest BCUT2D eigenvalue weighted by Gasteiger charge is 2.31. The monoisotopic (exact) mass is 265 g/mol. The van der Waals surface area contributed by atoms with Gasteiger partial charge in [-0.1, -0.05) is 6.07 Å². The number of nitrogens with zero attached hydrogens (tertiary/aromatic N) is 4. The van der Waals surface area contributed by atoms with E-state index in [1.807, 2.05) is 24.7 Å². The van der Waals surface area contributed by atoms with Gasteiger partial charge < -0.3 is 0 Å². The van der Waals surface area contributed by atoms with Gasteiger partial charge in [0.15, 0.2) is 11.2 Å². The maximum Gasteiger partial charge on any atom is 0.347 e. The highest BCUT2D eigenvalue weighted by Crippen LogP contribution is 2.33. The third-order valence-corrected chi connectivity index (χ3v) is 4.83. The second kappa shape index (κ2) is 3.19. The summed E-state index contributed by atoms with van der Waals surface area (Å²) in [6, 6.07) is 6.23. The molecule has 0 N–H and O–H groups in total. The molecule has 4 aromatic rings. The molecule has 0 amide bonds. The molecule has 5 heteroatoms. The lowest BCUT2D eigenvalue weighted by Crippen LogP contribution is -2.16. The predicted molar refractivity (Wildman–Crippen MR) is 73.1 cm³/mol. The number of imidazole rings is 1. The number of aromatic nitrogens is 4. The molecule has 1 aliphatic rings. The molecule has 0 fully saturated rings. The molecule has 1 aliphatic heterocycles. The second-order valence-electron chi connectivity index (χ2n) is 4.71. The Balaban J connectivity index is 1.93. The standard InChI is InChI=1S/C14H9N4S/c1-2-9-7-17-11(13(9)16-4-1)8-18-10-6-15-5-3-12(10)19-14(17)18/h1-6,8H,7H2/q+1. The quantitative estimate of drug-likeness (QED) is 0.403. The Labute approximate surface area is 112 Å². The summed E-state index contributed by atoms with van der Waals surface area (Å²) >= 11 is 1.80. The van der Waals surface area contributed by atoms with Gasteiger partial charge in [0, 0.05) is 18.0 Å². The average Bonchev–Trinajstić information content (AvgIpc) is 3.07. The van der Waals surface area contributed by atoms with Crippen molar-refractivity contribution in [1.29, 1.82) is 0 Å². The van der Waals surface area contributed by atoms with E-state index in [4.69, 9.17) is 0 Å². The molecular weight excluding hydrogens is 256 g/mol. The van der Waals surface area contributed by atoms with Gasteiger partial charge >= 0.3 is 4.96 Å². The van der Waals surface area contributed by atoms with Gasteiger partial charge in [0.25, 0.3) is 0 Å². The van der Waals surface area contributed by atoms with Crippen molar-refractivity contribution in [2.75, 3.05) is 0 Å². The van der Waals surface area contributed by atoms with E-state index in [1.165, 1.54) is 26.4 Å². The van der Waals surface area contributed by atoms with Crippen LogP contribution in [-0.2, 0) is 6.54 Å². The fourth-order valence-electron chi connectivity index (χ4n) is 2.81. The maximum atomic E-state index is 4.51. The molecule has 4 nitrogen and oxygen atoms in total. The third-order valence-electron chi connectivity index (χ3n) is 3.66. The largest absolute Gasteiger partial charge is 0.347 e. The van der Waals surface area contributed by atoms with Crippen molar-refractivity contribution in [3.8, 4) is 11.4 Å². The van der Waals surface area contributed by atoms with Crippen LogP contribution in [0.15, 0.2) is 43.0 Å². The average molecular weight is 265 g/mol. The van der Waals surface area contributed by atoms with Crippen molar-refractivity contribution in [2.24, 2.45) is 0 Å². The van der Waals surface area contributed by atoms with E-state index in [0.29, 0.717) is 0 Å². The Hall–Kier alpha value is -2.27. The number of hydrogen-bond acceptors (Lipinski definition) is 3. The Morgan fingerprint density at radius 1 is 1.26 bits per heavy atom. The first-order valence-corrected chi connectivity index (χ1v) is 6.95. The molecule has 5 heterocycles. The number of fused-ring (bicyclic) bond motifs is 7. The van der Waals surface area contributed by atoms with Gasteiger partial charge in [0.1, 0.15) is 18.4 Å². The van der Waals surface area contributed by atoms with Gasteiger partial charge in [-0.05, 0) is 23.5 Å². The van der Waals surface area contributed by atoms with Gasteiger partial charge in [0.05, 0.1) is 10.9 Å². The Kier molecular flexibility index (Phi) is 1.62. The van der Waals surface area contributed by atoms with Crippen LogP contribution < -0.4 is 4.40 Å². The number of rotatable bonds is 0. The van der Waals surface area contributed by atoms with Gasteiger partial charge in [-0.2, -0.15) is 4.40 Å². The smallest absolute Gasteiger partial charge is 0.260 e. The van der Waals surface area contributed by atoms with E-state index in [0.717, 1.165) is 12.2 Å². The molecule has 0 aromatic carbocycles. The van der Waals surface area contributed by atoms with E-state index in [2.05, 4.69) is 37.3 Å². The molecule has 0 saturated heterocycles. The van der Waals surface area contributed by atoms with Gasteiger partial charge in [0.2, 0.25) is 0 Å². The van der Waals surface area contributed by atoms with Crippen LogP contribution in [0.5, 0.6) is 0 Å². The minimum Gasteiger partial charge on any atom is -0.260 e. The van der Waals surface area contributed by atoms with Crippen LogP contribution in [0.4, 0.5) is 0 Å². The second-order valence-corrected chi connectivity index (χ2v) is 5.72. The fourth-order valence-corrected chi connectivity index (χ4v) is 3.91. The van der Waals surface area contributed by atoms with Crippen molar-refractivity contribution in [1.82, 2.24) is 14.5 Å². The molecule has 4 aromatic heterocycles. The molecular formula is C14H9N4S+. The van der Waals surface area contributed by atoms with E-state index in [9.17, 15) is 0 Å². The van der Waals surface area contributed by atoms with Crippen LogP contribution in [0, 0.1) is 0 Å². The summed E-state index contributed by atoms with van der Waals surface area (Å²) in [5.74, 6) is 0. The van der Waals surface area contributed by atoms with Crippen LogP contribution in [0.1, 0.15) is 5.56 Å². The summed E-state index contributed by atoms with van der Waals surface area (Å²) in [4.78, 5) is 9.98. The van der Waals surface area contributed by atoms with Crippen LogP contribution in [-0.4, -0.2) is 14.5 Å². The van der Waals surface area contributed by atoms with Crippen molar-refractivity contribution < 1.29 is 4.40 Å². The van der Waals surface area contributed by atoms with Crippen LogP contribution >= 0.6 is 11.3 Å². The van der Waals surface area contributed by atoms with E-state index in [1.54, 1.807) is 11.3 Å². The first-order valence-electron chi connectivity index (χ1n) is 6.13. The Morgan fingerprint density at radius 3 is 3.26 bits per heavy atom. The molecule has 0 aliphatic carbocycles. The third kappa shape index (κ3) is 1.11. The topological polar surface area (TPSA) is 34.8 Å². The van der Waals surface area contributed by atoms with Gasteiger partial charge in [-0.15, -0.1) is 0 Å². The molecule has 0 radical (unpaired) electrons.